The van der Waals surface area contributed by atoms with Gasteiger partial charge in [0.05, 0.1) is 66.9 Å². The zero-order valence-corrected chi connectivity index (χ0v) is 80.1. The average molecular weight is 1880 g/mol. The molecule has 8 nitrogen and oxygen atoms in total. The molecule has 0 atom stereocenters. The van der Waals surface area contributed by atoms with Crippen molar-refractivity contribution in [1.29, 1.82) is 0 Å². The highest BCUT2D eigenvalue weighted by atomic mass is 15.2. The third-order valence-electron chi connectivity index (χ3n) is 31.3. The predicted molar refractivity (Wildman–Crippen MR) is 624 cm³/mol. The molecule has 0 saturated carbocycles. The first-order valence-corrected chi connectivity index (χ1v) is 50.8. The molecule has 0 aliphatic heterocycles. The second-order valence-corrected chi connectivity index (χ2v) is 39.4. The number of fused-ring (bicyclic) bond motifs is 30. The van der Waals surface area contributed by atoms with E-state index in [4.69, 9.17) is 19.9 Å². The Bertz CT molecular complexity index is 11100. The number of aromatic nitrogens is 8. The van der Waals surface area contributed by atoms with Crippen LogP contribution in [0.4, 0.5) is 0 Å². The van der Waals surface area contributed by atoms with Gasteiger partial charge in [-0.1, -0.05) is 376 Å². The zero-order valence-electron chi connectivity index (χ0n) is 80.1. The summed E-state index contributed by atoms with van der Waals surface area (Å²) in [5, 5.41) is 38.6. The van der Waals surface area contributed by atoms with Crippen molar-refractivity contribution >= 4 is 216 Å². The van der Waals surface area contributed by atoms with E-state index in [2.05, 4.69) is 528 Å². The SMILES string of the molecule is c1ccc2c(c1)ccc1cc(-n3c4ccccc4c4cc(-c5ccc6c(c5)c5ccccc5n6-c5nc(-c6cc7ccccc7c7ccccc67)cc(-c6cc7ccccc7c7ccccc67)n5)ccc43)ccc12.c1ccc2c(c1)ccc1ccc(-n3c4ccccc4c4cc(-c5ccc6c(c5)c5ccccc5n6-c5nc(-c6cc7ccccc7c7ccccc67)cc(-c6cc7ccccc7c7ccccc67)n5)ccc43)cc12. The molecule has 6 heterocycles. The number of rotatable bonds is 10. The number of para-hydroxylation sites is 4. The minimum absolute atomic E-state index is 0.627. The van der Waals surface area contributed by atoms with Crippen LogP contribution in [0.1, 0.15) is 0 Å². The maximum atomic E-state index is 5.62. The van der Waals surface area contributed by atoms with Crippen molar-refractivity contribution in [2.75, 3.05) is 0 Å². The van der Waals surface area contributed by atoms with Crippen molar-refractivity contribution in [2.45, 2.75) is 0 Å². The lowest BCUT2D eigenvalue weighted by atomic mass is 9.93. The van der Waals surface area contributed by atoms with E-state index in [0.717, 1.165) is 144 Å². The Hall–Kier alpha value is -19.8. The number of hydrogen-bond donors (Lipinski definition) is 0. The maximum Gasteiger partial charge on any atom is 0.235 e. The molecule has 0 aliphatic rings. The van der Waals surface area contributed by atoms with Gasteiger partial charge < -0.3 is 9.13 Å². The molecule has 6 aromatic heterocycles. The molecular formula is C140H84N8. The summed E-state index contributed by atoms with van der Waals surface area (Å²) in [5.41, 5.74) is 23.6. The Balaban J connectivity index is 0.000000134. The van der Waals surface area contributed by atoms with Crippen molar-refractivity contribution in [3.05, 3.63) is 510 Å². The van der Waals surface area contributed by atoms with E-state index in [0.29, 0.717) is 11.9 Å². The monoisotopic (exact) mass is 1880 g/mol. The predicted octanol–water partition coefficient (Wildman–Crippen LogP) is 37.2. The largest absolute Gasteiger partial charge is 0.309 e. The average Bonchev–Trinajstić information content (AvgIpc) is 1.57. The van der Waals surface area contributed by atoms with E-state index in [1.54, 1.807) is 0 Å². The van der Waals surface area contributed by atoms with Crippen molar-refractivity contribution in [1.82, 2.24) is 38.2 Å². The first kappa shape index (κ1) is 82.9. The van der Waals surface area contributed by atoms with Gasteiger partial charge in [0, 0.05) is 76.7 Å². The second-order valence-electron chi connectivity index (χ2n) is 39.4. The molecule has 0 saturated heterocycles. The molecule has 0 amide bonds. The second kappa shape index (κ2) is 32.9. The van der Waals surface area contributed by atoms with Crippen LogP contribution >= 0.6 is 0 Å². The van der Waals surface area contributed by atoms with Crippen LogP contribution in [0.5, 0.6) is 0 Å². The van der Waals surface area contributed by atoms with Gasteiger partial charge in [-0.15, -0.1) is 0 Å². The van der Waals surface area contributed by atoms with Gasteiger partial charge in [-0.3, -0.25) is 9.13 Å². The molecule has 0 aliphatic carbocycles. The highest BCUT2D eigenvalue weighted by molar-refractivity contribution is 6.22. The van der Waals surface area contributed by atoms with E-state index in [1.165, 1.54) is 151 Å². The van der Waals surface area contributed by atoms with Crippen LogP contribution in [0.2, 0.25) is 0 Å². The summed E-state index contributed by atoms with van der Waals surface area (Å²) in [6.45, 7) is 0. The molecule has 32 rings (SSSR count). The van der Waals surface area contributed by atoms with E-state index in [-0.39, 0.29) is 0 Å². The Morgan fingerprint density at radius 1 is 0.115 bits per heavy atom. The van der Waals surface area contributed by atoms with Crippen LogP contribution in [0.15, 0.2) is 510 Å². The van der Waals surface area contributed by atoms with Gasteiger partial charge in [0.15, 0.2) is 0 Å². The van der Waals surface area contributed by atoms with Gasteiger partial charge in [-0.2, -0.15) is 0 Å². The van der Waals surface area contributed by atoms with Crippen LogP contribution in [0.25, 0.3) is 307 Å². The molecule has 0 unspecified atom stereocenters. The lowest BCUT2D eigenvalue weighted by molar-refractivity contribution is 0.996. The molecule has 0 radical (unpaired) electrons. The number of hydrogen-bond acceptors (Lipinski definition) is 4. The fraction of sp³-hybridized carbons (Fsp3) is 0. The quantitative estimate of drug-likeness (QED) is 0.128. The van der Waals surface area contributed by atoms with Crippen molar-refractivity contribution in [3.8, 4) is 90.6 Å². The molecule has 0 spiro atoms. The van der Waals surface area contributed by atoms with Gasteiger partial charge in [-0.25, -0.2) is 19.9 Å². The van der Waals surface area contributed by atoms with Crippen LogP contribution in [-0.4, -0.2) is 38.2 Å². The summed E-state index contributed by atoms with van der Waals surface area (Å²) < 4.78 is 9.40. The lowest BCUT2D eigenvalue weighted by Gasteiger charge is -2.16. The standard InChI is InChI=1S/2C70H42N4/c1-4-18-50-43(15-1)29-30-48-37-49(33-34-53(48)50)73-66-27-13-11-25-58(66)62-38-44(31-35-68(62)73)45-32-36-69-63(39-45)59-26-12-14-28-67(59)74(69)70-71-64(60-40-46-16-2-5-19-51(46)54-21-7-9-23-56(54)60)42-65(72-70)61-41-47-17-3-6-20-52(47)55-22-8-10-24-57(55)61;1-4-18-50-43(15-1)29-30-44-31-34-49(41-59(44)50)73-66-27-13-11-25-57(66)62-37-45(32-35-68(62)73)46-33-36-69-63(38-46)58-26-12-14-28-67(58)74(69)70-71-64(60-39-47-16-2-5-19-51(47)53-21-7-9-23-55(53)60)42-65(72-70)61-40-48-17-3-6-20-52(48)54-22-8-10-24-56(54)61/h2*1-42H. The maximum absolute atomic E-state index is 5.62. The van der Waals surface area contributed by atoms with E-state index >= 15 is 0 Å². The fourth-order valence-electron chi connectivity index (χ4n) is 24.6. The Labute approximate surface area is 848 Å². The lowest BCUT2D eigenvalue weighted by Crippen LogP contribution is -2.04. The summed E-state index contributed by atoms with van der Waals surface area (Å²) >= 11 is 0. The Kier molecular flexibility index (Phi) is 18.4. The zero-order chi connectivity index (χ0) is 96.9. The third-order valence-corrected chi connectivity index (χ3v) is 31.3. The molecule has 26 aromatic carbocycles. The van der Waals surface area contributed by atoms with E-state index < -0.39 is 0 Å². The van der Waals surface area contributed by atoms with Gasteiger partial charge in [0.2, 0.25) is 11.9 Å². The van der Waals surface area contributed by atoms with Gasteiger partial charge in [0.25, 0.3) is 0 Å². The first-order valence-electron chi connectivity index (χ1n) is 50.8. The molecule has 0 bridgehead atoms. The molecule has 148 heavy (non-hydrogen) atoms. The number of benzene rings is 26. The minimum Gasteiger partial charge on any atom is -0.309 e. The fourth-order valence-corrected chi connectivity index (χ4v) is 24.6. The van der Waals surface area contributed by atoms with Gasteiger partial charge in [0.1, 0.15) is 0 Å². The highest BCUT2D eigenvalue weighted by Crippen LogP contribution is 2.48. The smallest absolute Gasteiger partial charge is 0.235 e. The van der Waals surface area contributed by atoms with Gasteiger partial charge >= 0.3 is 0 Å². The Morgan fingerprint density at radius 2 is 0.324 bits per heavy atom. The molecular weight excluding hydrogens is 1790 g/mol. The summed E-state index contributed by atoms with van der Waals surface area (Å²) in [4.78, 5) is 22.5. The molecule has 0 N–H and O–H groups in total. The normalized spacial score (nSPS) is 12.1. The van der Waals surface area contributed by atoms with E-state index in [9.17, 15) is 0 Å². The Morgan fingerprint density at radius 3 is 0.655 bits per heavy atom. The summed E-state index contributed by atoms with van der Waals surface area (Å²) in [7, 11) is 0. The van der Waals surface area contributed by atoms with Crippen LogP contribution in [0, 0.1) is 0 Å². The van der Waals surface area contributed by atoms with Gasteiger partial charge in [-0.05, 0) is 285 Å². The molecule has 8 heteroatoms. The summed E-state index contributed by atoms with van der Waals surface area (Å²) in [6.07, 6.45) is 0. The van der Waals surface area contributed by atoms with Crippen molar-refractivity contribution in [2.24, 2.45) is 0 Å². The van der Waals surface area contributed by atoms with E-state index in [1.807, 2.05) is 0 Å². The number of nitrogens with zero attached hydrogens (tertiary/aromatic N) is 8. The molecule has 32 aromatic rings. The molecule has 0 fully saturated rings. The van der Waals surface area contributed by atoms with Crippen molar-refractivity contribution < 1.29 is 0 Å². The summed E-state index contributed by atoms with van der Waals surface area (Å²) in [6, 6.07) is 186. The first-order chi connectivity index (χ1) is 73.4. The highest BCUT2D eigenvalue weighted by Gasteiger charge is 2.27. The third kappa shape index (κ3) is 13.0. The van der Waals surface area contributed by atoms with Crippen LogP contribution in [0.3, 0.4) is 0 Å². The minimum atomic E-state index is 0.627. The van der Waals surface area contributed by atoms with Crippen LogP contribution in [-0.2, 0) is 0 Å². The molecule has 684 valence electrons. The van der Waals surface area contributed by atoms with Crippen LogP contribution < -0.4 is 0 Å². The summed E-state index contributed by atoms with van der Waals surface area (Å²) in [5.74, 6) is 1.25. The van der Waals surface area contributed by atoms with Crippen molar-refractivity contribution in [3.63, 3.8) is 0 Å². The topological polar surface area (TPSA) is 71.3 Å².